The standard InChI is InChI=1S/C14H15NO3/c1-9-7-10(8-13(16)18-3)15-14-11(9)5-4-6-12(14)17-2/h4-7H,8H2,1-3H3. The number of carbonyl (C=O) groups excluding carboxylic acids is 1. The summed E-state index contributed by atoms with van der Waals surface area (Å²) in [7, 11) is 2.98. The van der Waals surface area contributed by atoms with E-state index in [1.54, 1.807) is 7.11 Å². The number of aryl methyl sites for hydroxylation is 1. The molecule has 0 radical (unpaired) electrons. The van der Waals surface area contributed by atoms with Gasteiger partial charge in [-0.25, -0.2) is 4.98 Å². The maximum Gasteiger partial charge on any atom is 0.311 e. The Morgan fingerprint density at radius 3 is 2.78 bits per heavy atom. The minimum absolute atomic E-state index is 0.172. The minimum atomic E-state index is -0.295. The van der Waals surface area contributed by atoms with E-state index in [-0.39, 0.29) is 12.4 Å². The molecule has 0 unspecified atom stereocenters. The molecule has 18 heavy (non-hydrogen) atoms. The molecule has 0 atom stereocenters. The van der Waals surface area contributed by atoms with Crippen molar-refractivity contribution in [1.82, 2.24) is 4.98 Å². The van der Waals surface area contributed by atoms with Crippen LogP contribution in [0.5, 0.6) is 5.75 Å². The van der Waals surface area contributed by atoms with Crippen molar-refractivity contribution in [3.63, 3.8) is 0 Å². The molecule has 0 aliphatic carbocycles. The average molecular weight is 245 g/mol. The second-order valence-electron chi connectivity index (χ2n) is 4.04. The van der Waals surface area contributed by atoms with Gasteiger partial charge >= 0.3 is 5.97 Å². The van der Waals surface area contributed by atoms with E-state index in [9.17, 15) is 4.79 Å². The molecular formula is C14H15NO3. The van der Waals surface area contributed by atoms with Crippen molar-refractivity contribution in [3.8, 4) is 5.75 Å². The Kier molecular flexibility index (Phi) is 3.46. The molecule has 0 saturated heterocycles. The fraction of sp³-hybridized carbons (Fsp3) is 0.286. The Morgan fingerprint density at radius 2 is 2.11 bits per heavy atom. The highest BCUT2D eigenvalue weighted by Crippen LogP contribution is 2.26. The zero-order valence-corrected chi connectivity index (χ0v) is 10.7. The van der Waals surface area contributed by atoms with Crippen molar-refractivity contribution in [3.05, 3.63) is 35.5 Å². The van der Waals surface area contributed by atoms with Gasteiger partial charge in [-0.2, -0.15) is 0 Å². The molecule has 1 aromatic heterocycles. The summed E-state index contributed by atoms with van der Waals surface area (Å²) in [4.78, 5) is 15.8. The Hall–Kier alpha value is -2.10. The first kappa shape index (κ1) is 12.4. The molecule has 1 heterocycles. The number of benzene rings is 1. The Balaban J connectivity index is 2.55. The van der Waals surface area contributed by atoms with Gasteiger partial charge in [-0.05, 0) is 24.6 Å². The molecule has 0 saturated carbocycles. The van der Waals surface area contributed by atoms with E-state index < -0.39 is 0 Å². The molecule has 0 spiro atoms. The summed E-state index contributed by atoms with van der Waals surface area (Å²) in [5.74, 6) is 0.415. The second kappa shape index (κ2) is 5.04. The predicted octanol–water partition coefficient (Wildman–Crippen LogP) is 2.27. The van der Waals surface area contributed by atoms with Crippen LogP contribution in [0, 0.1) is 6.92 Å². The fourth-order valence-electron chi connectivity index (χ4n) is 1.93. The molecule has 4 heteroatoms. The molecule has 1 aromatic carbocycles. The zero-order chi connectivity index (χ0) is 13.1. The molecule has 94 valence electrons. The summed E-state index contributed by atoms with van der Waals surface area (Å²) < 4.78 is 9.94. The van der Waals surface area contributed by atoms with Crippen molar-refractivity contribution in [2.24, 2.45) is 0 Å². The largest absolute Gasteiger partial charge is 0.494 e. The number of esters is 1. The first-order valence-electron chi connectivity index (χ1n) is 5.65. The van der Waals surface area contributed by atoms with Crippen LogP contribution in [0.25, 0.3) is 10.9 Å². The summed E-state index contributed by atoms with van der Waals surface area (Å²) >= 11 is 0. The van der Waals surface area contributed by atoms with Crippen molar-refractivity contribution < 1.29 is 14.3 Å². The van der Waals surface area contributed by atoms with Gasteiger partial charge in [0.25, 0.3) is 0 Å². The number of ether oxygens (including phenoxy) is 2. The van der Waals surface area contributed by atoms with Crippen LogP contribution in [-0.2, 0) is 16.0 Å². The maximum atomic E-state index is 11.3. The third kappa shape index (κ3) is 2.27. The first-order valence-corrected chi connectivity index (χ1v) is 5.65. The van der Waals surface area contributed by atoms with Gasteiger partial charge in [-0.3, -0.25) is 4.79 Å². The van der Waals surface area contributed by atoms with E-state index in [4.69, 9.17) is 4.74 Å². The topological polar surface area (TPSA) is 48.4 Å². The summed E-state index contributed by atoms with van der Waals surface area (Å²) in [6.45, 7) is 1.99. The van der Waals surface area contributed by atoms with Gasteiger partial charge in [0.05, 0.1) is 26.3 Å². The molecule has 0 fully saturated rings. The number of hydrogen-bond donors (Lipinski definition) is 0. The zero-order valence-electron chi connectivity index (χ0n) is 10.7. The lowest BCUT2D eigenvalue weighted by Crippen LogP contribution is -2.06. The molecular weight excluding hydrogens is 230 g/mol. The summed E-state index contributed by atoms with van der Waals surface area (Å²) in [5, 5.41) is 1.03. The lowest BCUT2D eigenvalue weighted by Gasteiger charge is -2.09. The van der Waals surface area contributed by atoms with Crippen LogP contribution in [0.3, 0.4) is 0 Å². The van der Waals surface area contributed by atoms with Gasteiger partial charge in [0, 0.05) is 5.39 Å². The van der Waals surface area contributed by atoms with Gasteiger partial charge in [0.1, 0.15) is 11.3 Å². The number of fused-ring (bicyclic) bond motifs is 1. The fourth-order valence-corrected chi connectivity index (χ4v) is 1.93. The maximum absolute atomic E-state index is 11.3. The Bertz CT molecular complexity index is 593. The highest BCUT2D eigenvalue weighted by Gasteiger charge is 2.10. The van der Waals surface area contributed by atoms with Crippen molar-refractivity contribution in [1.29, 1.82) is 0 Å². The van der Waals surface area contributed by atoms with Gasteiger partial charge in [-0.15, -0.1) is 0 Å². The number of pyridine rings is 1. The minimum Gasteiger partial charge on any atom is -0.494 e. The van der Waals surface area contributed by atoms with Crippen LogP contribution in [0.2, 0.25) is 0 Å². The van der Waals surface area contributed by atoms with Gasteiger partial charge < -0.3 is 9.47 Å². The Morgan fingerprint density at radius 1 is 1.33 bits per heavy atom. The molecule has 2 rings (SSSR count). The van der Waals surface area contributed by atoms with E-state index in [0.29, 0.717) is 11.4 Å². The molecule has 0 aliphatic heterocycles. The lowest BCUT2D eigenvalue weighted by molar-refractivity contribution is -0.139. The third-order valence-corrected chi connectivity index (χ3v) is 2.84. The lowest BCUT2D eigenvalue weighted by atomic mass is 10.1. The number of aromatic nitrogens is 1. The molecule has 2 aromatic rings. The van der Waals surface area contributed by atoms with Crippen molar-refractivity contribution in [2.45, 2.75) is 13.3 Å². The monoisotopic (exact) mass is 245 g/mol. The predicted molar refractivity (Wildman–Crippen MR) is 68.8 cm³/mol. The number of hydrogen-bond acceptors (Lipinski definition) is 4. The summed E-state index contributed by atoms with van der Waals surface area (Å²) in [5.41, 5.74) is 2.54. The van der Waals surface area contributed by atoms with Crippen molar-refractivity contribution in [2.75, 3.05) is 14.2 Å². The summed E-state index contributed by atoms with van der Waals surface area (Å²) in [6.07, 6.45) is 0.172. The van der Waals surface area contributed by atoms with Crippen LogP contribution in [-0.4, -0.2) is 25.2 Å². The molecule has 0 aliphatic rings. The van der Waals surface area contributed by atoms with Gasteiger partial charge in [0.15, 0.2) is 0 Å². The van der Waals surface area contributed by atoms with Gasteiger partial charge in [-0.1, -0.05) is 12.1 Å². The second-order valence-corrected chi connectivity index (χ2v) is 4.04. The van der Waals surface area contributed by atoms with E-state index in [1.165, 1.54) is 7.11 Å². The van der Waals surface area contributed by atoms with E-state index in [1.807, 2.05) is 31.2 Å². The highest BCUT2D eigenvalue weighted by atomic mass is 16.5. The van der Waals surface area contributed by atoms with Crippen LogP contribution >= 0.6 is 0 Å². The van der Waals surface area contributed by atoms with Crippen LogP contribution in [0.1, 0.15) is 11.3 Å². The smallest absolute Gasteiger partial charge is 0.311 e. The Labute approximate surface area is 106 Å². The van der Waals surface area contributed by atoms with Crippen molar-refractivity contribution >= 4 is 16.9 Å². The van der Waals surface area contributed by atoms with E-state index in [2.05, 4.69) is 9.72 Å². The molecule has 0 bridgehead atoms. The molecule has 0 N–H and O–H groups in total. The SMILES string of the molecule is COC(=O)Cc1cc(C)c2cccc(OC)c2n1. The molecule has 4 nitrogen and oxygen atoms in total. The average Bonchev–Trinajstić information content (AvgIpc) is 2.38. The first-order chi connectivity index (χ1) is 8.65. The third-order valence-electron chi connectivity index (χ3n) is 2.84. The number of nitrogens with zero attached hydrogens (tertiary/aromatic N) is 1. The number of methoxy groups -OCH3 is 2. The molecule has 0 amide bonds. The van der Waals surface area contributed by atoms with Crippen LogP contribution in [0.15, 0.2) is 24.3 Å². The number of carbonyl (C=O) groups is 1. The van der Waals surface area contributed by atoms with E-state index >= 15 is 0 Å². The number of para-hydroxylation sites is 1. The summed E-state index contributed by atoms with van der Waals surface area (Å²) in [6, 6.07) is 7.67. The van der Waals surface area contributed by atoms with Crippen LogP contribution in [0.4, 0.5) is 0 Å². The number of rotatable bonds is 3. The van der Waals surface area contributed by atoms with E-state index in [0.717, 1.165) is 16.5 Å². The van der Waals surface area contributed by atoms with Gasteiger partial charge in [0.2, 0.25) is 0 Å². The highest BCUT2D eigenvalue weighted by molar-refractivity contribution is 5.88. The van der Waals surface area contributed by atoms with Crippen LogP contribution < -0.4 is 4.74 Å². The normalized spacial score (nSPS) is 10.4. The quantitative estimate of drug-likeness (QED) is 0.778.